The molecule has 0 aromatic heterocycles. The summed E-state index contributed by atoms with van der Waals surface area (Å²) in [6.07, 6.45) is 0. The quantitative estimate of drug-likeness (QED) is 0.803. The minimum Gasteiger partial charge on any atom is -0.760 e. The molecule has 0 bridgehead atoms. The average Bonchev–Trinajstić information content (AvgIpc) is 2.33. The molecule has 2 aromatic carbocycles. The molecule has 0 aliphatic heterocycles. The zero-order valence-electron chi connectivity index (χ0n) is 10.4. The summed E-state index contributed by atoms with van der Waals surface area (Å²) < 4.78 is 17.6. The fraction of sp³-hybridized carbons (Fsp3) is 0.143. The van der Waals surface area contributed by atoms with Crippen LogP contribution in [0.2, 0.25) is 0 Å². The van der Waals surface area contributed by atoms with Crippen LogP contribution in [0.5, 0.6) is 0 Å². The van der Waals surface area contributed by atoms with Crippen LogP contribution in [0, 0.1) is 13.8 Å². The van der Waals surface area contributed by atoms with Crippen molar-refractivity contribution in [1.29, 1.82) is 0 Å². The lowest BCUT2D eigenvalue weighted by molar-refractivity contribution is 0.539. The SMILES string of the molecule is Cc1cccc(-c2ccccc2)c1C.NS(=O)[O-]. The van der Waals surface area contributed by atoms with Crippen LogP contribution in [0.3, 0.4) is 0 Å². The fourth-order valence-corrected chi connectivity index (χ4v) is 1.68. The van der Waals surface area contributed by atoms with Crippen molar-refractivity contribution in [1.82, 2.24) is 0 Å². The van der Waals surface area contributed by atoms with E-state index in [4.69, 9.17) is 8.76 Å². The first-order chi connectivity index (χ1) is 8.52. The largest absolute Gasteiger partial charge is 0.760 e. The van der Waals surface area contributed by atoms with E-state index in [1.165, 1.54) is 22.3 Å². The van der Waals surface area contributed by atoms with Crippen molar-refractivity contribution in [2.24, 2.45) is 5.14 Å². The van der Waals surface area contributed by atoms with Crippen LogP contribution < -0.4 is 5.14 Å². The van der Waals surface area contributed by atoms with E-state index in [-0.39, 0.29) is 0 Å². The van der Waals surface area contributed by atoms with Gasteiger partial charge in [0.2, 0.25) is 0 Å². The minimum atomic E-state index is -2.36. The number of aryl methyl sites for hydroxylation is 1. The molecule has 2 N–H and O–H groups in total. The van der Waals surface area contributed by atoms with Crippen molar-refractivity contribution < 1.29 is 8.76 Å². The van der Waals surface area contributed by atoms with Gasteiger partial charge < -0.3 is 4.55 Å². The Morgan fingerprint density at radius 3 is 2.11 bits per heavy atom. The van der Waals surface area contributed by atoms with Crippen molar-refractivity contribution in [2.45, 2.75) is 13.8 Å². The van der Waals surface area contributed by atoms with E-state index in [9.17, 15) is 0 Å². The Morgan fingerprint density at radius 2 is 1.56 bits per heavy atom. The molecule has 0 fully saturated rings. The van der Waals surface area contributed by atoms with E-state index in [0.29, 0.717) is 0 Å². The molecule has 0 aliphatic carbocycles. The van der Waals surface area contributed by atoms with Gasteiger partial charge in [-0.3, -0.25) is 9.35 Å². The van der Waals surface area contributed by atoms with Crippen LogP contribution in [0.25, 0.3) is 11.1 Å². The first-order valence-electron chi connectivity index (χ1n) is 5.47. The van der Waals surface area contributed by atoms with E-state index in [0.717, 1.165) is 0 Å². The average molecular weight is 262 g/mol. The van der Waals surface area contributed by atoms with Crippen LogP contribution in [0.4, 0.5) is 0 Å². The van der Waals surface area contributed by atoms with Crippen molar-refractivity contribution in [3.63, 3.8) is 0 Å². The Balaban J connectivity index is 0.000000357. The lowest BCUT2D eigenvalue weighted by Crippen LogP contribution is -1.97. The van der Waals surface area contributed by atoms with E-state index in [1.54, 1.807) is 0 Å². The summed E-state index contributed by atoms with van der Waals surface area (Å²) in [6.45, 7) is 4.33. The smallest absolute Gasteiger partial charge is 0.0152 e. The standard InChI is InChI=1S/C14H14.H3NO2S/c1-11-7-6-10-14(12(11)2)13-8-4-3-5-9-13;1-4(2)3/h3-10H,1-2H3;1H2,(H,2,3)/p-1. The third-order valence-corrected chi connectivity index (χ3v) is 2.69. The third kappa shape index (κ3) is 4.41. The van der Waals surface area contributed by atoms with Crippen LogP contribution in [0.15, 0.2) is 48.5 Å². The maximum absolute atomic E-state index is 8.78. The molecule has 1 unspecified atom stereocenters. The molecule has 0 saturated carbocycles. The highest BCUT2D eigenvalue weighted by Gasteiger charge is 2.01. The summed E-state index contributed by atoms with van der Waals surface area (Å²) in [4.78, 5) is 0. The maximum atomic E-state index is 8.78. The highest BCUT2D eigenvalue weighted by atomic mass is 32.2. The van der Waals surface area contributed by atoms with Crippen LogP contribution in [-0.4, -0.2) is 8.76 Å². The van der Waals surface area contributed by atoms with E-state index < -0.39 is 11.3 Å². The Morgan fingerprint density at radius 1 is 1.00 bits per heavy atom. The highest BCUT2D eigenvalue weighted by molar-refractivity contribution is 7.76. The molecule has 1 atom stereocenters. The number of benzene rings is 2. The van der Waals surface area contributed by atoms with Gasteiger partial charge in [-0.05, 0) is 36.1 Å². The minimum absolute atomic E-state index is 1.30. The van der Waals surface area contributed by atoms with Gasteiger partial charge in [-0.25, -0.2) is 0 Å². The topological polar surface area (TPSA) is 66.2 Å². The lowest BCUT2D eigenvalue weighted by atomic mass is 9.97. The predicted octanol–water partition coefficient (Wildman–Crippen LogP) is 2.71. The predicted molar refractivity (Wildman–Crippen MR) is 74.5 cm³/mol. The Labute approximate surface area is 110 Å². The van der Waals surface area contributed by atoms with Crippen LogP contribution in [-0.2, 0) is 11.3 Å². The summed E-state index contributed by atoms with van der Waals surface area (Å²) >= 11 is -2.36. The first-order valence-corrected chi connectivity index (χ1v) is 6.61. The summed E-state index contributed by atoms with van der Waals surface area (Å²) in [7, 11) is 0. The number of hydrogen-bond acceptors (Lipinski definition) is 2. The summed E-state index contributed by atoms with van der Waals surface area (Å²) in [5, 5.41) is 4.03. The first kappa shape index (κ1) is 14.6. The molecule has 96 valence electrons. The third-order valence-electron chi connectivity index (χ3n) is 2.69. The van der Waals surface area contributed by atoms with Crippen molar-refractivity contribution in [3.8, 4) is 11.1 Å². The van der Waals surface area contributed by atoms with Gasteiger partial charge in [0.05, 0.1) is 0 Å². The van der Waals surface area contributed by atoms with Crippen LogP contribution in [0.1, 0.15) is 11.1 Å². The normalized spacial score (nSPS) is 11.3. The second kappa shape index (κ2) is 7.06. The van der Waals surface area contributed by atoms with Crippen LogP contribution >= 0.6 is 0 Å². The molecule has 4 heteroatoms. The van der Waals surface area contributed by atoms with Gasteiger partial charge in [0.1, 0.15) is 0 Å². The molecular formula is C14H16NO2S-. The summed E-state index contributed by atoms with van der Waals surface area (Å²) in [5.74, 6) is 0. The van der Waals surface area contributed by atoms with Gasteiger partial charge in [0.15, 0.2) is 0 Å². The maximum Gasteiger partial charge on any atom is 0.0152 e. The monoisotopic (exact) mass is 262 g/mol. The lowest BCUT2D eigenvalue weighted by Gasteiger charge is -2.07. The van der Waals surface area contributed by atoms with Gasteiger partial charge in [0.25, 0.3) is 0 Å². The molecule has 18 heavy (non-hydrogen) atoms. The molecule has 0 amide bonds. The Kier molecular flexibility index (Phi) is 5.71. The zero-order chi connectivity index (χ0) is 13.5. The van der Waals surface area contributed by atoms with E-state index in [2.05, 4.69) is 67.5 Å². The second-order valence-corrected chi connectivity index (χ2v) is 4.39. The Hall–Kier alpha value is -1.49. The molecule has 2 aromatic rings. The molecule has 0 aliphatic rings. The van der Waals surface area contributed by atoms with E-state index in [1.807, 2.05) is 0 Å². The summed E-state index contributed by atoms with van der Waals surface area (Å²) in [6, 6.07) is 17.0. The van der Waals surface area contributed by atoms with Crippen molar-refractivity contribution in [2.75, 3.05) is 0 Å². The zero-order valence-corrected chi connectivity index (χ0v) is 11.2. The second-order valence-electron chi connectivity index (χ2n) is 3.87. The van der Waals surface area contributed by atoms with Gasteiger partial charge in [-0.1, -0.05) is 48.5 Å². The Bertz CT molecular complexity index is 523. The molecule has 3 nitrogen and oxygen atoms in total. The number of nitrogens with two attached hydrogens (primary N) is 1. The molecular weight excluding hydrogens is 246 g/mol. The molecule has 0 spiro atoms. The molecule has 0 heterocycles. The van der Waals surface area contributed by atoms with Gasteiger partial charge >= 0.3 is 0 Å². The fourth-order valence-electron chi connectivity index (χ4n) is 1.68. The van der Waals surface area contributed by atoms with E-state index >= 15 is 0 Å². The summed E-state index contributed by atoms with van der Waals surface area (Å²) in [5.41, 5.74) is 5.37. The molecule has 0 saturated heterocycles. The van der Waals surface area contributed by atoms with Crippen molar-refractivity contribution in [3.05, 3.63) is 59.7 Å². The number of hydrogen-bond donors (Lipinski definition) is 1. The van der Waals surface area contributed by atoms with Gasteiger partial charge in [0, 0.05) is 11.3 Å². The molecule has 2 rings (SSSR count). The number of rotatable bonds is 1. The van der Waals surface area contributed by atoms with Gasteiger partial charge in [-0.15, -0.1) is 0 Å². The highest BCUT2D eigenvalue weighted by Crippen LogP contribution is 2.24. The molecule has 0 radical (unpaired) electrons. The van der Waals surface area contributed by atoms with Gasteiger partial charge in [-0.2, -0.15) is 0 Å². The van der Waals surface area contributed by atoms with Crippen molar-refractivity contribution >= 4 is 11.3 Å².